The van der Waals surface area contributed by atoms with E-state index in [0.717, 1.165) is 31.5 Å². The van der Waals surface area contributed by atoms with Gasteiger partial charge >= 0.3 is 0 Å². The van der Waals surface area contributed by atoms with Crippen molar-refractivity contribution in [2.45, 2.75) is 38.1 Å². The van der Waals surface area contributed by atoms with Crippen molar-refractivity contribution < 1.29 is 4.79 Å². The minimum atomic E-state index is -0.0507. The molecule has 1 saturated carbocycles. The van der Waals surface area contributed by atoms with Crippen LogP contribution in [-0.2, 0) is 6.42 Å². The van der Waals surface area contributed by atoms with E-state index in [1.165, 1.54) is 24.1 Å². The van der Waals surface area contributed by atoms with Gasteiger partial charge in [0.05, 0.1) is 11.9 Å². The Labute approximate surface area is 136 Å². The summed E-state index contributed by atoms with van der Waals surface area (Å²) in [5.41, 5.74) is 4.17. The monoisotopic (exact) mass is 307 g/mol. The Bertz CT molecular complexity index is 705. The zero-order valence-electron chi connectivity index (χ0n) is 13.2. The zero-order valence-corrected chi connectivity index (χ0v) is 13.2. The van der Waals surface area contributed by atoms with E-state index in [1.807, 2.05) is 18.3 Å². The summed E-state index contributed by atoms with van der Waals surface area (Å²) in [6.45, 7) is 0.967. The molecule has 4 heteroatoms. The summed E-state index contributed by atoms with van der Waals surface area (Å²) < 4.78 is 0. The number of carbonyl (C=O) groups excluding carboxylic acids is 1. The number of carbonyl (C=O) groups is 1. The Morgan fingerprint density at radius 3 is 2.74 bits per heavy atom. The normalized spacial score (nSPS) is 17.3. The lowest BCUT2D eigenvalue weighted by Gasteiger charge is -2.19. The molecule has 2 aromatic rings. The second-order valence-corrected chi connectivity index (χ2v) is 6.39. The molecule has 23 heavy (non-hydrogen) atoms. The minimum absolute atomic E-state index is 0.0507. The molecule has 2 aliphatic rings. The van der Waals surface area contributed by atoms with Crippen LogP contribution in [0.15, 0.2) is 42.6 Å². The van der Waals surface area contributed by atoms with Crippen molar-refractivity contribution in [2.75, 3.05) is 11.4 Å². The van der Waals surface area contributed by atoms with Gasteiger partial charge in [0.15, 0.2) is 0 Å². The number of pyridine rings is 1. The van der Waals surface area contributed by atoms with Crippen LogP contribution in [-0.4, -0.2) is 23.5 Å². The van der Waals surface area contributed by atoms with Crippen LogP contribution in [0.5, 0.6) is 0 Å². The second-order valence-electron chi connectivity index (χ2n) is 6.39. The molecule has 0 unspecified atom stereocenters. The van der Waals surface area contributed by atoms with Crippen molar-refractivity contribution in [3.8, 4) is 0 Å². The average Bonchev–Trinajstić information content (AvgIpc) is 3.24. The number of hydrogen-bond donors (Lipinski definition) is 1. The Morgan fingerprint density at radius 2 is 1.96 bits per heavy atom. The van der Waals surface area contributed by atoms with Gasteiger partial charge in [0.25, 0.3) is 5.91 Å². The van der Waals surface area contributed by atoms with E-state index in [4.69, 9.17) is 0 Å². The molecular weight excluding hydrogens is 286 g/mol. The summed E-state index contributed by atoms with van der Waals surface area (Å²) in [7, 11) is 0. The predicted octanol–water partition coefficient (Wildman–Crippen LogP) is 3.45. The van der Waals surface area contributed by atoms with Crippen molar-refractivity contribution in [1.29, 1.82) is 0 Å². The molecule has 0 bridgehead atoms. The van der Waals surface area contributed by atoms with Gasteiger partial charge in [-0.05, 0) is 43.0 Å². The van der Waals surface area contributed by atoms with Gasteiger partial charge in [-0.1, -0.05) is 31.0 Å². The summed E-state index contributed by atoms with van der Waals surface area (Å²) in [5, 5.41) is 3.08. The van der Waals surface area contributed by atoms with E-state index < -0.39 is 0 Å². The molecule has 118 valence electrons. The second kappa shape index (κ2) is 6.03. The van der Waals surface area contributed by atoms with Crippen molar-refractivity contribution in [3.63, 3.8) is 0 Å². The van der Waals surface area contributed by atoms with Crippen molar-refractivity contribution >= 4 is 17.3 Å². The molecular formula is C19H21N3O. The van der Waals surface area contributed by atoms with Gasteiger partial charge in [0.1, 0.15) is 5.69 Å². The van der Waals surface area contributed by atoms with Crippen LogP contribution >= 0.6 is 0 Å². The van der Waals surface area contributed by atoms with Crippen molar-refractivity contribution in [2.24, 2.45) is 0 Å². The molecule has 1 amide bonds. The molecule has 4 rings (SSSR count). The first-order valence-electron chi connectivity index (χ1n) is 8.43. The maximum Gasteiger partial charge on any atom is 0.270 e. The molecule has 1 fully saturated rings. The van der Waals surface area contributed by atoms with E-state index in [2.05, 4.69) is 39.5 Å². The first-order chi connectivity index (χ1) is 11.3. The molecule has 0 saturated heterocycles. The standard InChI is InChI=1S/C19H21N3O/c23-19(21-15-6-2-3-7-15)17-10-9-16(13-20-17)22-12-11-14-5-1-4-8-18(14)22/h1,4-5,8-10,13,15H,2-3,6-7,11-12H2,(H,21,23). The highest BCUT2D eigenvalue weighted by atomic mass is 16.1. The first-order valence-corrected chi connectivity index (χ1v) is 8.43. The number of fused-ring (bicyclic) bond motifs is 1. The molecule has 1 aromatic heterocycles. The van der Waals surface area contributed by atoms with Gasteiger partial charge in [-0.3, -0.25) is 4.79 Å². The first kappa shape index (κ1) is 14.2. The lowest BCUT2D eigenvalue weighted by molar-refractivity contribution is 0.0933. The molecule has 1 aliphatic carbocycles. The molecule has 0 atom stereocenters. The van der Waals surface area contributed by atoms with Gasteiger partial charge in [-0.25, -0.2) is 4.98 Å². The van der Waals surface area contributed by atoms with E-state index in [-0.39, 0.29) is 5.91 Å². The van der Waals surface area contributed by atoms with Gasteiger partial charge in [0.2, 0.25) is 0 Å². The molecule has 1 aliphatic heterocycles. The van der Waals surface area contributed by atoms with Crippen LogP contribution in [0.4, 0.5) is 11.4 Å². The van der Waals surface area contributed by atoms with Crippen LogP contribution in [0.25, 0.3) is 0 Å². The van der Waals surface area contributed by atoms with Crippen LogP contribution in [0.2, 0.25) is 0 Å². The fraction of sp³-hybridized carbons (Fsp3) is 0.368. The summed E-state index contributed by atoms with van der Waals surface area (Å²) in [6.07, 6.45) is 7.48. The molecule has 0 spiro atoms. The number of benzene rings is 1. The maximum absolute atomic E-state index is 12.2. The predicted molar refractivity (Wildman–Crippen MR) is 91.1 cm³/mol. The van der Waals surface area contributed by atoms with Crippen LogP contribution in [0, 0.1) is 0 Å². The number of anilines is 2. The highest BCUT2D eigenvalue weighted by Crippen LogP contribution is 2.33. The lowest BCUT2D eigenvalue weighted by Crippen LogP contribution is -2.33. The number of nitrogens with one attached hydrogen (secondary N) is 1. The summed E-state index contributed by atoms with van der Waals surface area (Å²) >= 11 is 0. The van der Waals surface area contributed by atoms with Gasteiger partial charge in [0, 0.05) is 18.3 Å². The van der Waals surface area contributed by atoms with E-state index >= 15 is 0 Å². The SMILES string of the molecule is O=C(NC1CCCC1)c1ccc(N2CCc3ccccc32)cn1. The van der Waals surface area contributed by atoms with Gasteiger partial charge < -0.3 is 10.2 Å². The highest BCUT2D eigenvalue weighted by Gasteiger charge is 2.21. The summed E-state index contributed by atoms with van der Waals surface area (Å²) in [5.74, 6) is -0.0507. The van der Waals surface area contributed by atoms with Crippen LogP contribution in [0.1, 0.15) is 41.7 Å². The van der Waals surface area contributed by atoms with Crippen LogP contribution < -0.4 is 10.2 Å². The fourth-order valence-electron chi connectivity index (χ4n) is 3.62. The zero-order chi connectivity index (χ0) is 15.6. The largest absolute Gasteiger partial charge is 0.348 e. The number of para-hydroxylation sites is 1. The third-order valence-electron chi connectivity index (χ3n) is 4.87. The molecule has 1 N–H and O–H groups in total. The van der Waals surface area contributed by atoms with Gasteiger partial charge in [-0.15, -0.1) is 0 Å². The number of nitrogens with zero attached hydrogens (tertiary/aromatic N) is 2. The quantitative estimate of drug-likeness (QED) is 0.944. The Kier molecular flexibility index (Phi) is 3.74. The van der Waals surface area contributed by atoms with E-state index in [0.29, 0.717) is 11.7 Å². The number of amides is 1. The third-order valence-corrected chi connectivity index (χ3v) is 4.87. The van der Waals surface area contributed by atoms with Crippen molar-refractivity contribution in [3.05, 3.63) is 53.9 Å². The Hall–Kier alpha value is -2.36. The number of aromatic nitrogens is 1. The number of rotatable bonds is 3. The highest BCUT2D eigenvalue weighted by molar-refractivity contribution is 5.92. The Morgan fingerprint density at radius 1 is 1.13 bits per heavy atom. The average molecular weight is 307 g/mol. The number of hydrogen-bond acceptors (Lipinski definition) is 3. The smallest absolute Gasteiger partial charge is 0.270 e. The molecule has 0 radical (unpaired) electrons. The topological polar surface area (TPSA) is 45.2 Å². The molecule has 1 aromatic carbocycles. The Balaban J connectivity index is 1.49. The molecule has 4 nitrogen and oxygen atoms in total. The van der Waals surface area contributed by atoms with Gasteiger partial charge in [-0.2, -0.15) is 0 Å². The minimum Gasteiger partial charge on any atom is -0.348 e. The lowest BCUT2D eigenvalue weighted by atomic mass is 10.2. The fourth-order valence-corrected chi connectivity index (χ4v) is 3.62. The maximum atomic E-state index is 12.2. The molecule has 2 heterocycles. The van der Waals surface area contributed by atoms with E-state index in [1.54, 1.807) is 0 Å². The van der Waals surface area contributed by atoms with Crippen molar-refractivity contribution in [1.82, 2.24) is 10.3 Å². The third kappa shape index (κ3) is 2.81. The van der Waals surface area contributed by atoms with Crippen LogP contribution in [0.3, 0.4) is 0 Å². The summed E-state index contributed by atoms with van der Waals surface area (Å²) in [4.78, 5) is 18.9. The van der Waals surface area contributed by atoms with E-state index in [9.17, 15) is 4.79 Å². The summed E-state index contributed by atoms with van der Waals surface area (Å²) in [6, 6.07) is 12.6.